The molecule has 3 atom stereocenters. The van der Waals surface area contributed by atoms with E-state index in [1.54, 1.807) is 65.7 Å². The fourth-order valence-corrected chi connectivity index (χ4v) is 6.85. The Kier molecular flexibility index (Phi) is 13.9. The van der Waals surface area contributed by atoms with Gasteiger partial charge >= 0.3 is 5.97 Å². The van der Waals surface area contributed by atoms with Crippen molar-refractivity contribution in [2.75, 3.05) is 11.9 Å². The van der Waals surface area contributed by atoms with Crippen molar-refractivity contribution in [1.82, 2.24) is 21.3 Å². The van der Waals surface area contributed by atoms with Gasteiger partial charge in [0.15, 0.2) is 0 Å². The van der Waals surface area contributed by atoms with E-state index >= 15 is 0 Å². The molecule has 5 amide bonds. The maximum absolute atomic E-state index is 13.3. The number of carboxylic acid groups (broad SMARTS) is 1. The molecule has 0 fully saturated rings. The third kappa shape index (κ3) is 12.1. The van der Waals surface area contributed by atoms with Crippen LogP contribution >= 0.6 is 11.3 Å². The van der Waals surface area contributed by atoms with Gasteiger partial charge in [-0.1, -0.05) is 72.8 Å². The third-order valence-electron chi connectivity index (χ3n) is 8.88. The van der Waals surface area contributed by atoms with E-state index in [1.165, 1.54) is 30.6 Å². The van der Waals surface area contributed by atoms with Crippen molar-refractivity contribution in [3.8, 4) is 0 Å². The highest BCUT2D eigenvalue weighted by Gasteiger charge is 2.28. The summed E-state index contributed by atoms with van der Waals surface area (Å²) in [5, 5.41) is 24.7. The number of thiophene rings is 1. The predicted octanol–water partition coefficient (Wildman–Crippen LogP) is 3.34. The van der Waals surface area contributed by atoms with Crippen LogP contribution < -0.4 is 26.6 Å². The van der Waals surface area contributed by atoms with Gasteiger partial charge in [0.2, 0.25) is 29.5 Å². The number of amides is 5. The fourth-order valence-electron chi connectivity index (χ4n) is 6.10. The van der Waals surface area contributed by atoms with E-state index in [9.17, 15) is 33.9 Å². The molecule has 2 bridgehead atoms. The highest BCUT2D eigenvalue weighted by molar-refractivity contribution is 7.09. The van der Waals surface area contributed by atoms with Gasteiger partial charge in [0.1, 0.15) is 18.1 Å². The summed E-state index contributed by atoms with van der Waals surface area (Å²) in [6.07, 6.45) is 3.84. The molecule has 3 aromatic carbocycles. The molecule has 0 radical (unpaired) electrons. The van der Waals surface area contributed by atoms with Crippen molar-refractivity contribution in [2.24, 2.45) is 0 Å². The van der Waals surface area contributed by atoms with Crippen LogP contribution in [0.3, 0.4) is 0 Å². The van der Waals surface area contributed by atoms with Crippen LogP contribution in [0, 0.1) is 0 Å². The Morgan fingerprint density at radius 3 is 1.96 bits per heavy atom. The van der Waals surface area contributed by atoms with Crippen LogP contribution in [0.1, 0.15) is 46.4 Å². The Hall–Kier alpha value is -5.82. The number of aryl methyl sites for hydroxylation is 2. The van der Waals surface area contributed by atoms with Crippen molar-refractivity contribution in [3.05, 3.63) is 124 Å². The van der Waals surface area contributed by atoms with Gasteiger partial charge in [0.25, 0.3) is 0 Å². The molecule has 7 rings (SSSR count). The first-order chi connectivity index (χ1) is 25.6. The van der Waals surface area contributed by atoms with E-state index in [2.05, 4.69) is 50.8 Å². The minimum absolute atomic E-state index is 0.0524. The lowest BCUT2D eigenvalue weighted by Gasteiger charge is -2.22. The minimum Gasteiger partial charge on any atom is -0.480 e. The van der Waals surface area contributed by atoms with Crippen LogP contribution in [0.4, 0.5) is 5.69 Å². The second-order valence-electron chi connectivity index (χ2n) is 12.9. The molecule has 12 nitrogen and oxygen atoms in total. The Morgan fingerprint density at radius 2 is 1.30 bits per heavy atom. The Bertz CT molecular complexity index is 1860. The summed E-state index contributed by atoms with van der Waals surface area (Å²) in [5.74, 6) is -4.21. The normalized spacial score (nSPS) is 19.8. The van der Waals surface area contributed by atoms with Gasteiger partial charge in [-0.25, -0.2) is 4.79 Å². The number of hydrogen-bond donors (Lipinski definition) is 6. The van der Waals surface area contributed by atoms with Gasteiger partial charge in [-0.05, 0) is 65.1 Å². The number of carbonyl (C=O) groups excluding carboxylic acids is 5. The summed E-state index contributed by atoms with van der Waals surface area (Å²) in [7, 11) is 0. The zero-order valence-corrected chi connectivity index (χ0v) is 30.0. The zero-order chi connectivity index (χ0) is 37.6. The lowest BCUT2D eigenvalue weighted by molar-refractivity contribution is -0.142. The van der Waals surface area contributed by atoms with E-state index in [0.29, 0.717) is 11.3 Å². The van der Waals surface area contributed by atoms with E-state index in [1.807, 2.05) is 17.5 Å². The number of hydrogen-bond acceptors (Lipinski definition) is 7. The largest absolute Gasteiger partial charge is 0.480 e. The minimum atomic E-state index is -1.30. The SMILES string of the molecule is O=C1CCC(=O)N[C@H](Cc2cccs2)C(=O)NCC(=O)N[C@H](Cc2ccccc2)C(=O)N[C@H](C(=O)O)Cc2ccc(cc2)N1.c1ccc2c(c1)CCC2. The van der Waals surface area contributed by atoms with E-state index in [0.717, 1.165) is 10.4 Å². The summed E-state index contributed by atoms with van der Waals surface area (Å²) in [5.41, 5.74) is 4.89. The summed E-state index contributed by atoms with van der Waals surface area (Å²) >= 11 is 1.40. The van der Waals surface area contributed by atoms with Crippen LogP contribution in [0.5, 0.6) is 0 Å². The summed E-state index contributed by atoms with van der Waals surface area (Å²) in [6.45, 7) is -0.495. The van der Waals surface area contributed by atoms with Crippen molar-refractivity contribution < 1.29 is 33.9 Å². The summed E-state index contributed by atoms with van der Waals surface area (Å²) < 4.78 is 0. The number of fused-ring (bicyclic) bond motifs is 19. The number of nitrogens with one attached hydrogen (secondary N) is 5. The molecule has 3 aliphatic rings. The lowest BCUT2D eigenvalue weighted by Crippen LogP contribution is -2.55. The van der Waals surface area contributed by atoms with Gasteiger partial charge in [0.05, 0.1) is 6.54 Å². The number of carboxylic acids is 1. The molecule has 6 N–H and O–H groups in total. The van der Waals surface area contributed by atoms with Gasteiger partial charge in [-0.2, -0.15) is 0 Å². The molecule has 0 unspecified atom stereocenters. The molecule has 3 heterocycles. The maximum atomic E-state index is 13.3. The quantitative estimate of drug-likeness (QED) is 0.170. The molecule has 0 saturated heterocycles. The first-order valence-electron chi connectivity index (χ1n) is 17.5. The highest BCUT2D eigenvalue weighted by Crippen LogP contribution is 2.20. The van der Waals surface area contributed by atoms with E-state index in [-0.39, 0.29) is 32.1 Å². The molecule has 276 valence electrons. The number of carbonyl (C=O) groups is 6. The van der Waals surface area contributed by atoms with Gasteiger partial charge < -0.3 is 31.7 Å². The smallest absolute Gasteiger partial charge is 0.326 e. The third-order valence-corrected chi connectivity index (χ3v) is 9.78. The molecule has 1 aliphatic carbocycles. The standard InChI is InChI=1S/C31H33N5O7S.C9H10/c37-26-12-13-27(38)34-24(17-22-7-4-14-44-22)29(40)32-18-28(39)35-23(15-19-5-2-1-3-6-19)30(41)36-25(31(42)43)16-20-8-10-21(33-26)11-9-20;1-2-5-9-7-3-6-8(9)4-1/h1-11,14,23-25H,12-13,15-18H2,(H,32,40)(H,33,37)(H,34,38)(H,35,39)(H,36,41)(H,42,43);1-2,4-5H,3,6-7H2/t23-,24-,25+;/m1./s1. The molecule has 2 aliphatic heterocycles. The van der Waals surface area contributed by atoms with Crippen LogP contribution in [-0.2, 0) is 60.9 Å². The number of aliphatic carboxylic acids is 1. The second-order valence-corrected chi connectivity index (χ2v) is 13.9. The summed E-state index contributed by atoms with van der Waals surface area (Å²) in [6, 6.07) is 24.2. The molecule has 0 spiro atoms. The average Bonchev–Trinajstić information content (AvgIpc) is 3.86. The second kappa shape index (κ2) is 19.1. The van der Waals surface area contributed by atoms with Crippen molar-refractivity contribution >= 4 is 52.5 Å². The number of anilines is 1. The monoisotopic (exact) mass is 737 g/mol. The van der Waals surface area contributed by atoms with Gasteiger partial charge in [-0.3, -0.25) is 24.0 Å². The molecule has 13 heteroatoms. The first-order valence-corrected chi connectivity index (χ1v) is 18.4. The zero-order valence-electron chi connectivity index (χ0n) is 29.1. The van der Waals surface area contributed by atoms with Crippen LogP contribution in [0.15, 0.2) is 96.4 Å². The van der Waals surface area contributed by atoms with E-state index in [4.69, 9.17) is 0 Å². The molecule has 4 aromatic rings. The fraction of sp³-hybridized carbons (Fsp3) is 0.300. The Balaban J connectivity index is 0.000000518. The Morgan fingerprint density at radius 1 is 0.660 bits per heavy atom. The maximum Gasteiger partial charge on any atom is 0.326 e. The lowest BCUT2D eigenvalue weighted by atomic mass is 10.0. The molecule has 53 heavy (non-hydrogen) atoms. The van der Waals surface area contributed by atoms with E-state index < -0.39 is 60.2 Å². The molecular weight excluding hydrogens is 695 g/mol. The Labute approximate surface area is 311 Å². The van der Waals surface area contributed by atoms with Crippen molar-refractivity contribution in [1.29, 1.82) is 0 Å². The molecule has 0 saturated carbocycles. The number of benzene rings is 3. The van der Waals surface area contributed by atoms with Gasteiger partial charge in [-0.15, -0.1) is 11.3 Å². The molecule has 1 aromatic heterocycles. The highest BCUT2D eigenvalue weighted by atomic mass is 32.1. The average molecular weight is 738 g/mol. The topological polar surface area (TPSA) is 183 Å². The first kappa shape index (κ1) is 38.4. The van der Waals surface area contributed by atoms with Crippen LogP contribution in [0.2, 0.25) is 0 Å². The molecular formula is C40H43N5O7S. The number of rotatable bonds is 5. The van der Waals surface area contributed by atoms with Crippen LogP contribution in [0.25, 0.3) is 0 Å². The van der Waals surface area contributed by atoms with Crippen molar-refractivity contribution in [2.45, 2.75) is 69.5 Å². The summed E-state index contributed by atoms with van der Waals surface area (Å²) in [4.78, 5) is 77.5. The van der Waals surface area contributed by atoms with Gasteiger partial charge in [0, 0.05) is 42.7 Å². The predicted molar refractivity (Wildman–Crippen MR) is 201 cm³/mol. The van der Waals surface area contributed by atoms with Crippen LogP contribution in [-0.4, -0.2) is 65.3 Å². The van der Waals surface area contributed by atoms with Crippen molar-refractivity contribution in [3.63, 3.8) is 0 Å².